The van der Waals surface area contributed by atoms with Gasteiger partial charge in [-0.3, -0.25) is 4.79 Å². The predicted octanol–water partition coefficient (Wildman–Crippen LogP) is 6.25. The highest BCUT2D eigenvalue weighted by Gasteiger charge is 2.11. The van der Waals surface area contributed by atoms with Crippen LogP contribution in [0.5, 0.6) is 5.75 Å². The van der Waals surface area contributed by atoms with Gasteiger partial charge in [0.15, 0.2) is 5.76 Å². The first kappa shape index (κ1) is 24.6. The lowest BCUT2D eigenvalue weighted by atomic mass is 10.1. The number of carbonyl (C=O) groups is 1. The van der Waals surface area contributed by atoms with Crippen LogP contribution >= 0.6 is 0 Å². The number of nitrogens with one attached hydrogen (secondary N) is 1. The number of fused-ring (bicyclic) bond motifs is 1. The van der Waals surface area contributed by atoms with Crippen molar-refractivity contribution in [1.29, 1.82) is 0 Å². The van der Waals surface area contributed by atoms with Crippen molar-refractivity contribution in [2.24, 2.45) is 0 Å². The summed E-state index contributed by atoms with van der Waals surface area (Å²) >= 11 is 0. The van der Waals surface area contributed by atoms with Crippen molar-refractivity contribution in [3.8, 4) is 5.75 Å². The Balaban J connectivity index is 1.22. The minimum absolute atomic E-state index is 0.154. The second-order valence-corrected chi connectivity index (χ2v) is 9.01. The van der Waals surface area contributed by atoms with E-state index in [2.05, 4.69) is 54.1 Å². The molecule has 1 N–H and O–H groups in total. The number of benzene rings is 2. The van der Waals surface area contributed by atoms with E-state index in [1.807, 2.05) is 12.1 Å². The molecule has 0 aliphatic heterocycles. The van der Waals surface area contributed by atoms with Gasteiger partial charge in [0.05, 0.1) is 23.9 Å². The van der Waals surface area contributed by atoms with Crippen molar-refractivity contribution in [1.82, 2.24) is 14.9 Å². The molecule has 6 nitrogen and oxygen atoms in total. The standard InChI is InChI=1S/C29H35N3O3/c1-22-15-16-24(21-23(22)2)34-19-9-8-18-32-26-12-6-5-11-25(26)31-28(32)14-4-3-7-17-30-29(33)27-13-10-20-35-27/h5-6,10-13,15-16,20-21H,3-4,7-9,14,17-19H2,1-2H3,(H,30,33). The van der Waals surface area contributed by atoms with Gasteiger partial charge in [0.25, 0.3) is 5.91 Å². The van der Waals surface area contributed by atoms with Crippen LogP contribution in [0.25, 0.3) is 11.0 Å². The number of unbranched alkanes of at least 4 members (excludes halogenated alkanes) is 3. The number of rotatable bonds is 13. The minimum atomic E-state index is -0.154. The Morgan fingerprint density at radius 3 is 2.69 bits per heavy atom. The number of aromatic nitrogens is 2. The van der Waals surface area contributed by atoms with Crippen molar-refractivity contribution in [3.05, 3.63) is 83.6 Å². The molecule has 2 aromatic heterocycles. The monoisotopic (exact) mass is 473 g/mol. The summed E-state index contributed by atoms with van der Waals surface area (Å²) in [6.07, 6.45) is 7.48. The summed E-state index contributed by atoms with van der Waals surface area (Å²) in [5.74, 6) is 2.29. The Morgan fingerprint density at radius 1 is 0.971 bits per heavy atom. The number of hydrogen-bond donors (Lipinski definition) is 1. The predicted molar refractivity (Wildman–Crippen MR) is 139 cm³/mol. The normalized spacial score (nSPS) is 11.1. The van der Waals surface area contributed by atoms with Gasteiger partial charge < -0.3 is 19.0 Å². The van der Waals surface area contributed by atoms with E-state index in [-0.39, 0.29) is 5.91 Å². The molecule has 184 valence electrons. The Kier molecular flexibility index (Phi) is 8.60. The lowest BCUT2D eigenvalue weighted by molar-refractivity contribution is 0.0925. The maximum Gasteiger partial charge on any atom is 0.286 e. The van der Waals surface area contributed by atoms with Crippen molar-refractivity contribution in [2.75, 3.05) is 13.2 Å². The summed E-state index contributed by atoms with van der Waals surface area (Å²) in [5, 5.41) is 2.91. The number of aryl methyl sites for hydroxylation is 4. The molecule has 0 bridgehead atoms. The van der Waals surface area contributed by atoms with E-state index < -0.39 is 0 Å². The molecule has 6 heteroatoms. The number of hydrogen-bond acceptors (Lipinski definition) is 4. The zero-order valence-corrected chi connectivity index (χ0v) is 20.8. The molecule has 2 aromatic carbocycles. The SMILES string of the molecule is Cc1ccc(OCCCCn2c(CCCCCNC(=O)c3ccco3)nc3ccccc32)cc1C. The third kappa shape index (κ3) is 6.75. The molecule has 0 unspecified atom stereocenters. The van der Waals surface area contributed by atoms with Gasteiger partial charge >= 0.3 is 0 Å². The lowest BCUT2D eigenvalue weighted by Crippen LogP contribution is -2.23. The van der Waals surface area contributed by atoms with Gasteiger partial charge in [-0.1, -0.05) is 24.6 Å². The van der Waals surface area contributed by atoms with E-state index in [9.17, 15) is 4.79 Å². The molecular weight excluding hydrogens is 438 g/mol. The quantitative estimate of drug-likeness (QED) is 0.233. The van der Waals surface area contributed by atoms with Gasteiger partial charge in [-0.2, -0.15) is 0 Å². The van der Waals surface area contributed by atoms with Gasteiger partial charge in [0.2, 0.25) is 0 Å². The molecule has 2 heterocycles. The van der Waals surface area contributed by atoms with E-state index in [1.54, 1.807) is 12.1 Å². The summed E-state index contributed by atoms with van der Waals surface area (Å²) in [5.41, 5.74) is 4.80. The van der Waals surface area contributed by atoms with Gasteiger partial charge in [-0.05, 0) is 87.1 Å². The first-order valence-electron chi connectivity index (χ1n) is 12.6. The van der Waals surface area contributed by atoms with Crippen LogP contribution in [-0.4, -0.2) is 28.6 Å². The average Bonchev–Trinajstić information content (AvgIpc) is 3.52. The fourth-order valence-corrected chi connectivity index (χ4v) is 4.21. The van der Waals surface area contributed by atoms with Crippen molar-refractivity contribution in [3.63, 3.8) is 0 Å². The smallest absolute Gasteiger partial charge is 0.286 e. The highest BCUT2D eigenvalue weighted by Crippen LogP contribution is 2.20. The number of para-hydroxylation sites is 2. The molecule has 0 saturated heterocycles. The Hall–Kier alpha value is -3.54. The van der Waals surface area contributed by atoms with Crippen LogP contribution in [0.4, 0.5) is 0 Å². The van der Waals surface area contributed by atoms with Gasteiger partial charge in [-0.15, -0.1) is 0 Å². The third-order valence-corrected chi connectivity index (χ3v) is 6.36. The summed E-state index contributed by atoms with van der Waals surface area (Å²) in [4.78, 5) is 16.8. The van der Waals surface area contributed by atoms with Crippen LogP contribution in [-0.2, 0) is 13.0 Å². The van der Waals surface area contributed by atoms with Gasteiger partial charge in [0, 0.05) is 19.5 Å². The van der Waals surface area contributed by atoms with Gasteiger partial charge in [0.1, 0.15) is 11.6 Å². The van der Waals surface area contributed by atoms with Crippen LogP contribution in [0.15, 0.2) is 65.3 Å². The van der Waals surface area contributed by atoms with Gasteiger partial charge in [-0.25, -0.2) is 4.98 Å². The average molecular weight is 474 g/mol. The van der Waals surface area contributed by atoms with E-state index in [0.717, 1.165) is 62.2 Å². The molecule has 0 fully saturated rings. The highest BCUT2D eigenvalue weighted by molar-refractivity contribution is 5.91. The van der Waals surface area contributed by atoms with Crippen LogP contribution in [0, 0.1) is 13.8 Å². The summed E-state index contributed by atoms with van der Waals surface area (Å²) in [6.45, 7) is 6.54. The van der Waals surface area contributed by atoms with Crippen LogP contribution in [0.2, 0.25) is 0 Å². The molecule has 4 aromatic rings. The minimum Gasteiger partial charge on any atom is -0.494 e. The maximum atomic E-state index is 11.9. The Labute approximate surface area is 207 Å². The molecule has 0 aliphatic rings. The fraction of sp³-hybridized carbons (Fsp3) is 0.379. The maximum absolute atomic E-state index is 11.9. The number of furan rings is 1. The van der Waals surface area contributed by atoms with Crippen LogP contribution in [0.3, 0.4) is 0 Å². The number of nitrogens with zero attached hydrogens (tertiary/aromatic N) is 2. The van der Waals surface area contributed by atoms with Crippen molar-refractivity contribution in [2.45, 2.75) is 58.9 Å². The molecule has 0 aliphatic carbocycles. The van der Waals surface area contributed by atoms with Crippen LogP contribution < -0.4 is 10.1 Å². The second-order valence-electron chi connectivity index (χ2n) is 9.01. The molecule has 0 radical (unpaired) electrons. The number of carbonyl (C=O) groups excluding carboxylic acids is 1. The topological polar surface area (TPSA) is 69.3 Å². The van der Waals surface area contributed by atoms with E-state index in [0.29, 0.717) is 18.9 Å². The lowest BCUT2D eigenvalue weighted by Gasteiger charge is -2.11. The first-order valence-corrected chi connectivity index (χ1v) is 12.6. The number of imidazole rings is 1. The molecule has 35 heavy (non-hydrogen) atoms. The zero-order chi connectivity index (χ0) is 24.5. The van der Waals surface area contributed by atoms with Crippen molar-refractivity contribution >= 4 is 16.9 Å². The Bertz CT molecular complexity index is 1230. The summed E-state index contributed by atoms with van der Waals surface area (Å²) < 4.78 is 13.4. The molecule has 4 rings (SSSR count). The zero-order valence-electron chi connectivity index (χ0n) is 20.8. The molecule has 0 spiro atoms. The molecule has 0 atom stereocenters. The second kappa shape index (κ2) is 12.2. The van der Waals surface area contributed by atoms with E-state index >= 15 is 0 Å². The van der Waals surface area contributed by atoms with E-state index in [4.69, 9.17) is 14.1 Å². The molecule has 0 saturated carbocycles. The molecular formula is C29H35N3O3. The number of amides is 1. The first-order chi connectivity index (χ1) is 17.1. The highest BCUT2D eigenvalue weighted by atomic mass is 16.5. The Morgan fingerprint density at radius 2 is 1.86 bits per heavy atom. The molecule has 1 amide bonds. The summed E-state index contributed by atoms with van der Waals surface area (Å²) in [7, 11) is 0. The third-order valence-electron chi connectivity index (χ3n) is 6.36. The van der Waals surface area contributed by atoms with Crippen molar-refractivity contribution < 1.29 is 13.9 Å². The van der Waals surface area contributed by atoms with E-state index in [1.165, 1.54) is 22.9 Å². The largest absolute Gasteiger partial charge is 0.494 e. The number of ether oxygens (including phenoxy) is 1. The summed E-state index contributed by atoms with van der Waals surface area (Å²) in [6, 6.07) is 18.0. The fourth-order valence-electron chi connectivity index (χ4n) is 4.21. The van der Waals surface area contributed by atoms with Crippen LogP contribution in [0.1, 0.15) is 59.6 Å².